The molecule has 576 valence electrons. The molecule has 3 atom stereocenters. The number of hydrogen-bond acceptors (Lipinski definition) is 20. The largest absolute Gasteiger partial charge is 0.393 e. The summed E-state index contributed by atoms with van der Waals surface area (Å²) in [5, 5.41) is 43.9. The van der Waals surface area contributed by atoms with Gasteiger partial charge in [-0.25, -0.2) is 34.9 Å². The molecule has 3 saturated heterocycles. The van der Waals surface area contributed by atoms with Crippen molar-refractivity contribution in [1.82, 2.24) is 83.2 Å². The Balaban J connectivity index is 0.000000143. The molecule has 3 aliphatic carbocycles. The molecule has 0 radical (unpaired) electrons. The summed E-state index contributed by atoms with van der Waals surface area (Å²) in [5.41, 5.74) is 7.83. The lowest BCUT2D eigenvalue weighted by Crippen LogP contribution is -2.38. The van der Waals surface area contributed by atoms with E-state index in [-0.39, 0.29) is 41.9 Å². The second-order valence-corrected chi connectivity index (χ2v) is 31.3. The monoisotopic (exact) mass is 1470 g/mol. The number of pyridine rings is 1. The van der Waals surface area contributed by atoms with Crippen LogP contribution in [0.15, 0.2) is 98.8 Å². The number of rotatable bonds is 21. The molecule has 3 amide bonds. The number of likely N-dealkylation sites (tertiary alicyclic amines) is 3. The van der Waals surface area contributed by atoms with Gasteiger partial charge in [0.05, 0.1) is 23.9 Å². The molecule has 9 aromatic heterocycles. The zero-order valence-electron chi connectivity index (χ0n) is 64.0. The summed E-state index contributed by atoms with van der Waals surface area (Å²) in [6.45, 7) is 17.3. The van der Waals surface area contributed by atoms with Crippen LogP contribution in [0.4, 0.5) is 17.8 Å². The molecule has 15 rings (SSSR count). The van der Waals surface area contributed by atoms with Crippen molar-refractivity contribution < 1.29 is 29.7 Å². The number of anilines is 3. The third-order valence-corrected chi connectivity index (χ3v) is 23.4. The van der Waals surface area contributed by atoms with E-state index in [1.165, 1.54) is 23.0 Å². The Morgan fingerprint density at radius 1 is 0.417 bits per heavy atom. The van der Waals surface area contributed by atoms with Gasteiger partial charge in [0.2, 0.25) is 23.7 Å². The average molecular weight is 1470 g/mol. The highest BCUT2D eigenvalue weighted by Crippen LogP contribution is 2.43. The number of hydrogen-bond donors (Lipinski definition) is 6. The molecule has 0 aromatic carbocycles. The smallest absolute Gasteiger partial charge is 0.291 e. The summed E-state index contributed by atoms with van der Waals surface area (Å²) >= 11 is 0. The molecule has 0 bridgehead atoms. The molecule has 6 aliphatic rings. The Morgan fingerprint density at radius 2 is 0.759 bits per heavy atom. The van der Waals surface area contributed by atoms with Crippen molar-refractivity contribution in [3.05, 3.63) is 133 Å². The van der Waals surface area contributed by atoms with Gasteiger partial charge >= 0.3 is 0 Å². The maximum atomic E-state index is 12.9. The highest BCUT2D eigenvalue weighted by molar-refractivity contribution is 5.94. The van der Waals surface area contributed by atoms with Crippen molar-refractivity contribution in [1.29, 1.82) is 0 Å². The predicted octanol–water partition coefficient (Wildman–Crippen LogP) is 13.6. The van der Waals surface area contributed by atoms with Crippen LogP contribution in [-0.4, -0.2) is 192 Å². The Morgan fingerprint density at radius 3 is 1.10 bits per heavy atom. The Labute approximate surface area is 634 Å². The van der Waals surface area contributed by atoms with Gasteiger partial charge in [0, 0.05) is 160 Å². The first-order valence-electron chi connectivity index (χ1n) is 40.4. The molecule has 26 nitrogen and oxygen atoms in total. The van der Waals surface area contributed by atoms with Gasteiger partial charge in [-0.1, -0.05) is 46.1 Å². The maximum Gasteiger partial charge on any atom is 0.291 e. The van der Waals surface area contributed by atoms with E-state index in [9.17, 15) is 29.7 Å². The van der Waals surface area contributed by atoms with E-state index < -0.39 is 0 Å². The summed E-state index contributed by atoms with van der Waals surface area (Å²) in [7, 11) is 0. The first-order valence-corrected chi connectivity index (χ1v) is 40.4. The fraction of sp³-hybridized carbons (Fsp3) is 0.585. The van der Waals surface area contributed by atoms with Crippen LogP contribution in [0, 0.1) is 0 Å². The third-order valence-electron chi connectivity index (χ3n) is 23.4. The minimum absolute atomic E-state index is 0.00232. The van der Waals surface area contributed by atoms with Crippen LogP contribution in [0.2, 0.25) is 0 Å². The van der Waals surface area contributed by atoms with Gasteiger partial charge in [-0.05, 0) is 208 Å². The fourth-order valence-electron chi connectivity index (χ4n) is 17.3. The minimum Gasteiger partial charge on any atom is -0.393 e. The van der Waals surface area contributed by atoms with Crippen molar-refractivity contribution in [2.45, 2.75) is 268 Å². The molecular weight excluding hydrogens is 1360 g/mol. The first kappa shape index (κ1) is 77.0. The van der Waals surface area contributed by atoms with Gasteiger partial charge in [-0.3, -0.25) is 19.4 Å². The third kappa shape index (κ3) is 18.6. The van der Waals surface area contributed by atoms with Gasteiger partial charge in [-0.2, -0.15) is 15.0 Å². The average Bonchev–Trinajstić information content (AvgIpc) is 1.63. The van der Waals surface area contributed by atoms with E-state index in [4.69, 9.17) is 15.0 Å². The van der Waals surface area contributed by atoms with E-state index in [0.29, 0.717) is 109 Å². The van der Waals surface area contributed by atoms with Crippen LogP contribution < -0.4 is 16.0 Å². The van der Waals surface area contributed by atoms with Gasteiger partial charge in [0.1, 0.15) is 29.0 Å². The van der Waals surface area contributed by atoms with E-state index in [1.54, 1.807) is 43.1 Å². The normalized spacial score (nSPS) is 22.0. The van der Waals surface area contributed by atoms with Gasteiger partial charge in [0.25, 0.3) is 17.7 Å². The van der Waals surface area contributed by atoms with Crippen LogP contribution in [0.3, 0.4) is 0 Å². The second-order valence-electron chi connectivity index (χ2n) is 31.3. The Hall–Kier alpha value is -9.14. The Bertz CT molecular complexity index is 3940. The highest BCUT2D eigenvalue weighted by Gasteiger charge is 2.35. The number of piperidine rings is 3. The number of aliphatic hydroxyl groups excluding tert-OH is 3. The molecule has 9 aromatic rings. The van der Waals surface area contributed by atoms with Crippen molar-refractivity contribution in [3.8, 4) is 0 Å². The first-order chi connectivity index (χ1) is 52.6. The van der Waals surface area contributed by atoms with E-state index in [1.807, 2.05) is 45.4 Å². The molecule has 12 heterocycles. The summed E-state index contributed by atoms with van der Waals surface area (Å²) in [4.78, 5) is 93.7. The van der Waals surface area contributed by atoms with E-state index in [2.05, 4.69) is 130 Å². The molecule has 26 heteroatoms. The number of nitrogens with one attached hydrogen (secondary N) is 3. The van der Waals surface area contributed by atoms with Gasteiger partial charge in [0.15, 0.2) is 0 Å². The van der Waals surface area contributed by atoms with Crippen molar-refractivity contribution in [2.75, 3.05) is 55.2 Å². The topological polar surface area (TPSA) is 314 Å². The van der Waals surface area contributed by atoms with Gasteiger partial charge < -0.3 is 59.7 Å². The maximum absolute atomic E-state index is 12.9. The molecule has 108 heavy (non-hydrogen) atoms. The number of aromatic nitrogens is 14. The SMILES string of the molecule is CCC[C@H](C)Nc1ncc2c(C3CCN(C(=O)c4ccccn4)CC3)cn(C3CCC(O)CC3)c2n1.CCC[C@H](C)Nc1ncc2c(C3CCN(C(=O)c4cncnc4)CC3)cn(C3CCC(O)CC3)c2n1.CCC[C@H](C)Nc1ncc2c(C3CCN(C(=O)c4ncccn4)CC3)cn(C3CCC(O)CC3)c2n1. The lowest BCUT2D eigenvalue weighted by atomic mass is 9.89. The number of fused-ring (bicyclic) bond motifs is 3. The van der Waals surface area contributed by atoms with Crippen LogP contribution in [-0.2, 0) is 0 Å². The molecule has 0 spiro atoms. The summed E-state index contributed by atoms with van der Waals surface area (Å²) < 4.78 is 7.02. The summed E-state index contributed by atoms with van der Waals surface area (Å²) in [6, 6.07) is 9.15. The number of carbonyl (C=O) groups excluding carboxylic acids is 3. The molecule has 3 aliphatic heterocycles. The van der Waals surface area contributed by atoms with Crippen molar-refractivity contribution in [3.63, 3.8) is 0 Å². The van der Waals surface area contributed by atoms with Crippen LogP contribution in [0.25, 0.3) is 33.1 Å². The van der Waals surface area contributed by atoms with Crippen LogP contribution in [0.5, 0.6) is 0 Å². The minimum atomic E-state index is -0.195. The number of nitrogens with zero attached hydrogens (tertiary/aromatic N) is 17. The van der Waals surface area contributed by atoms with Gasteiger partial charge in [-0.15, -0.1) is 0 Å². The standard InChI is InChI=1S/C28H38N6O2.2C27H37N7O2/c1-3-6-19(2)31-28-30-17-23-24(18-34(26(23)32-28)21-8-10-22(35)11-9-21)20-12-15-33(16-13-20)27(36)25-7-4-5-14-29-25;1-3-5-18(2)31-27-30-16-22-23(17-34(25(22)32-27)20-6-8-21(35)9-7-20)19-10-14-33(15-11-19)26(36)24-28-12-4-13-29-24;1-3-4-18(2)31-27-30-15-23-24(16-34(25(23)32-27)21-5-7-22(35)8-6-21)19-9-11-33(12-10-19)26(36)20-13-28-17-29-14-20/h4-5,7,14,17-22,35H,3,6,8-13,15-16H2,1-2H3,(H,30,31,32);4,12-13,16-21,35H,3,5-11,14-15H2,1-2H3,(H,30,31,32);13-19,21-22,35H,3-12H2,1-2H3,(H,30,31,32)/t19-,21?,22?;18-,20?,21?;18-,21?,22?/m000/s1. The predicted molar refractivity (Wildman–Crippen MR) is 419 cm³/mol. The van der Waals surface area contributed by atoms with E-state index >= 15 is 0 Å². The fourth-order valence-corrected chi connectivity index (χ4v) is 17.3. The Kier molecular flexibility index (Phi) is 25.9. The summed E-state index contributed by atoms with van der Waals surface area (Å²) in [6.07, 6.45) is 44.3. The van der Waals surface area contributed by atoms with Crippen molar-refractivity contribution in [2.24, 2.45) is 0 Å². The lowest BCUT2D eigenvalue weighted by Gasteiger charge is -2.32. The molecule has 0 unspecified atom stereocenters. The quantitative estimate of drug-likeness (QED) is 0.0389. The zero-order valence-corrected chi connectivity index (χ0v) is 64.0. The highest BCUT2D eigenvalue weighted by atomic mass is 16.3. The van der Waals surface area contributed by atoms with E-state index in [0.717, 1.165) is 200 Å². The summed E-state index contributed by atoms with van der Waals surface area (Å²) in [5.74, 6) is 3.25. The van der Waals surface area contributed by atoms with Crippen LogP contribution >= 0.6 is 0 Å². The molecule has 6 N–H and O–H groups in total. The molecule has 6 fully saturated rings. The second kappa shape index (κ2) is 36.4. The van der Waals surface area contributed by atoms with Crippen molar-refractivity contribution >= 4 is 68.7 Å². The molecular formula is C82H112N20O6. The number of carbonyl (C=O) groups is 3. The van der Waals surface area contributed by atoms with Crippen LogP contribution in [0.1, 0.15) is 280 Å². The lowest BCUT2D eigenvalue weighted by molar-refractivity contribution is 0.0695. The number of aliphatic hydroxyl groups is 3. The molecule has 3 saturated carbocycles. The zero-order chi connectivity index (χ0) is 75.2. The number of amides is 3.